The molecule has 1 fully saturated rings. The van der Waals surface area contributed by atoms with E-state index in [9.17, 15) is 13.6 Å². The van der Waals surface area contributed by atoms with Crippen molar-refractivity contribution in [2.45, 2.75) is 32.5 Å². The summed E-state index contributed by atoms with van der Waals surface area (Å²) in [5.74, 6) is 0.0954. The van der Waals surface area contributed by atoms with Crippen LogP contribution in [0.2, 0.25) is 0 Å². The molecule has 0 spiro atoms. The molecule has 180 valence electrons. The van der Waals surface area contributed by atoms with E-state index in [-0.39, 0.29) is 24.4 Å². The van der Waals surface area contributed by atoms with Gasteiger partial charge in [0.2, 0.25) is 0 Å². The zero-order valence-electron chi connectivity index (χ0n) is 19.3. The normalized spacial score (nSPS) is 14.1. The predicted octanol–water partition coefficient (Wildman–Crippen LogP) is 5.46. The fourth-order valence-electron chi connectivity index (χ4n) is 4.17. The molecule has 0 saturated carbocycles. The largest absolute Gasteiger partial charge is 0.445 e. The number of hydrogen-bond acceptors (Lipinski definition) is 5. The Labute approximate surface area is 200 Å². The third-order valence-corrected chi connectivity index (χ3v) is 5.91. The standard InChI is InChI=1S/C26H24F2N4O3/c1-17-12-13-29-24-22(17)23(30-32(24)20-8-10-21(11-9-20)35-26(2,27)28)19-14-31(15-19)25(33)34-16-18-6-4-3-5-7-18/h3-13,19H,14-16H2,1-2H3. The van der Waals surface area contributed by atoms with E-state index in [4.69, 9.17) is 9.84 Å². The van der Waals surface area contributed by atoms with E-state index in [0.29, 0.717) is 31.3 Å². The van der Waals surface area contributed by atoms with Gasteiger partial charge in [-0.2, -0.15) is 13.9 Å². The van der Waals surface area contributed by atoms with E-state index in [1.165, 1.54) is 12.1 Å². The third-order valence-electron chi connectivity index (χ3n) is 5.91. The number of hydrogen-bond donors (Lipinski definition) is 0. The van der Waals surface area contributed by atoms with Crippen LogP contribution in [0.5, 0.6) is 5.75 Å². The van der Waals surface area contributed by atoms with Gasteiger partial charge in [-0.05, 0) is 48.4 Å². The zero-order valence-corrected chi connectivity index (χ0v) is 19.3. The molecule has 0 bridgehead atoms. The van der Waals surface area contributed by atoms with Gasteiger partial charge in [-0.15, -0.1) is 0 Å². The molecule has 7 nitrogen and oxygen atoms in total. The van der Waals surface area contributed by atoms with E-state index in [0.717, 1.165) is 22.2 Å². The van der Waals surface area contributed by atoms with Crippen LogP contribution in [0.1, 0.15) is 29.7 Å². The molecule has 9 heteroatoms. The van der Waals surface area contributed by atoms with Gasteiger partial charge < -0.3 is 14.4 Å². The van der Waals surface area contributed by atoms with E-state index >= 15 is 0 Å². The second kappa shape index (κ2) is 8.98. The Balaban J connectivity index is 1.34. The maximum absolute atomic E-state index is 13.2. The second-order valence-electron chi connectivity index (χ2n) is 8.67. The van der Waals surface area contributed by atoms with Crippen molar-refractivity contribution in [3.8, 4) is 11.4 Å². The van der Waals surface area contributed by atoms with Crippen molar-refractivity contribution in [2.75, 3.05) is 13.1 Å². The molecule has 1 aliphatic rings. The number of fused-ring (bicyclic) bond motifs is 1. The molecular formula is C26H24F2N4O3. The van der Waals surface area contributed by atoms with Crippen molar-refractivity contribution >= 4 is 17.1 Å². The fraction of sp³-hybridized carbons (Fsp3) is 0.269. The highest BCUT2D eigenvalue weighted by Gasteiger charge is 2.36. The summed E-state index contributed by atoms with van der Waals surface area (Å²) in [6.45, 7) is 3.90. The molecule has 2 aromatic carbocycles. The number of nitrogens with zero attached hydrogens (tertiary/aromatic N) is 4. The van der Waals surface area contributed by atoms with E-state index < -0.39 is 6.11 Å². The molecule has 0 aliphatic carbocycles. The minimum atomic E-state index is -3.26. The molecular weight excluding hydrogens is 454 g/mol. The summed E-state index contributed by atoms with van der Waals surface area (Å²) in [5.41, 5.74) is 4.14. The fourth-order valence-corrected chi connectivity index (χ4v) is 4.17. The van der Waals surface area contributed by atoms with Gasteiger partial charge in [-0.3, -0.25) is 0 Å². The Morgan fingerprint density at radius 2 is 1.80 bits per heavy atom. The van der Waals surface area contributed by atoms with Crippen LogP contribution in [0.3, 0.4) is 0 Å². The number of pyridine rings is 1. The Morgan fingerprint density at radius 3 is 2.49 bits per heavy atom. The summed E-state index contributed by atoms with van der Waals surface area (Å²) in [6.07, 6.45) is -1.90. The number of carbonyl (C=O) groups is 1. The smallest absolute Gasteiger partial charge is 0.410 e. The molecule has 3 heterocycles. The minimum Gasteiger partial charge on any atom is -0.445 e. The average Bonchev–Trinajstić information content (AvgIpc) is 3.17. The number of alkyl halides is 2. The van der Waals surface area contributed by atoms with Crippen molar-refractivity contribution in [2.24, 2.45) is 0 Å². The van der Waals surface area contributed by atoms with Crippen molar-refractivity contribution < 1.29 is 23.0 Å². The first-order valence-corrected chi connectivity index (χ1v) is 11.3. The average molecular weight is 478 g/mol. The first-order chi connectivity index (χ1) is 16.8. The van der Waals surface area contributed by atoms with Crippen LogP contribution in [0.25, 0.3) is 16.7 Å². The molecule has 0 unspecified atom stereocenters. The van der Waals surface area contributed by atoms with Crippen molar-refractivity contribution in [3.05, 3.63) is 83.7 Å². The Morgan fingerprint density at radius 1 is 1.09 bits per heavy atom. The van der Waals surface area contributed by atoms with E-state index in [1.807, 2.05) is 43.3 Å². The maximum Gasteiger partial charge on any atom is 0.410 e. The minimum absolute atomic E-state index is 0.0346. The SMILES string of the molecule is Cc1ccnc2c1c(C1CN(C(=O)OCc3ccccc3)C1)nn2-c1ccc(OC(C)(F)F)cc1. The molecule has 1 aliphatic heterocycles. The molecule has 1 amide bonds. The topological polar surface area (TPSA) is 69.5 Å². The number of halogens is 2. The summed E-state index contributed by atoms with van der Waals surface area (Å²) < 4.78 is 38.1. The third kappa shape index (κ3) is 4.80. The van der Waals surface area contributed by atoms with E-state index in [2.05, 4.69) is 9.72 Å². The first-order valence-electron chi connectivity index (χ1n) is 11.3. The summed E-state index contributed by atoms with van der Waals surface area (Å²) in [6, 6.07) is 17.7. The molecule has 4 aromatic rings. The van der Waals surface area contributed by atoms with Crippen LogP contribution in [0, 0.1) is 6.92 Å². The number of ether oxygens (including phenoxy) is 2. The number of likely N-dealkylation sites (tertiary alicyclic amines) is 1. The summed E-state index contributed by atoms with van der Waals surface area (Å²) in [7, 11) is 0. The lowest BCUT2D eigenvalue weighted by Gasteiger charge is -2.37. The van der Waals surface area contributed by atoms with Crippen LogP contribution in [-0.2, 0) is 11.3 Å². The van der Waals surface area contributed by atoms with Crippen LogP contribution >= 0.6 is 0 Å². The number of rotatable bonds is 6. The molecule has 1 saturated heterocycles. The highest BCUT2D eigenvalue weighted by Crippen LogP contribution is 2.34. The van der Waals surface area contributed by atoms with Gasteiger partial charge in [0.25, 0.3) is 0 Å². The van der Waals surface area contributed by atoms with Crippen molar-refractivity contribution in [3.63, 3.8) is 0 Å². The first kappa shape index (κ1) is 22.8. The number of amides is 1. The highest BCUT2D eigenvalue weighted by molar-refractivity contribution is 5.84. The number of aromatic nitrogens is 3. The molecule has 2 aromatic heterocycles. The van der Waals surface area contributed by atoms with Gasteiger partial charge in [0.1, 0.15) is 12.4 Å². The number of carbonyl (C=O) groups excluding carboxylic acids is 1. The lowest BCUT2D eigenvalue weighted by molar-refractivity contribution is -0.158. The summed E-state index contributed by atoms with van der Waals surface area (Å²) in [5, 5.41) is 5.75. The number of benzene rings is 2. The molecule has 5 rings (SSSR count). The van der Waals surface area contributed by atoms with Gasteiger partial charge in [0.05, 0.1) is 11.4 Å². The highest BCUT2D eigenvalue weighted by atomic mass is 19.3. The summed E-state index contributed by atoms with van der Waals surface area (Å²) >= 11 is 0. The van der Waals surface area contributed by atoms with Crippen molar-refractivity contribution in [1.82, 2.24) is 19.7 Å². The number of aryl methyl sites for hydroxylation is 1. The molecule has 35 heavy (non-hydrogen) atoms. The summed E-state index contributed by atoms with van der Waals surface area (Å²) in [4.78, 5) is 18.6. The van der Waals surface area contributed by atoms with Crippen LogP contribution < -0.4 is 4.74 Å². The van der Waals surface area contributed by atoms with E-state index in [1.54, 1.807) is 27.9 Å². The monoisotopic (exact) mass is 478 g/mol. The van der Waals surface area contributed by atoms with Gasteiger partial charge in [-0.25, -0.2) is 14.5 Å². The van der Waals surface area contributed by atoms with Crippen LogP contribution in [-0.4, -0.2) is 45.0 Å². The molecule has 0 radical (unpaired) electrons. The lowest BCUT2D eigenvalue weighted by Crippen LogP contribution is -2.48. The van der Waals surface area contributed by atoms with Gasteiger partial charge in [0, 0.05) is 37.5 Å². The Bertz CT molecular complexity index is 1350. The zero-order chi connectivity index (χ0) is 24.6. The van der Waals surface area contributed by atoms with Crippen molar-refractivity contribution in [1.29, 1.82) is 0 Å². The Kier molecular flexibility index (Phi) is 5.84. The molecule has 0 atom stereocenters. The van der Waals surface area contributed by atoms with Crippen LogP contribution in [0.4, 0.5) is 13.6 Å². The maximum atomic E-state index is 13.2. The van der Waals surface area contributed by atoms with Crippen LogP contribution in [0.15, 0.2) is 66.9 Å². The van der Waals surface area contributed by atoms with Gasteiger partial charge >= 0.3 is 12.2 Å². The van der Waals surface area contributed by atoms with Gasteiger partial charge in [0.15, 0.2) is 5.65 Å². The van der Waals surface area contributed by atoms with Gasteiger partial charge in [-0.1, -0.05) is 30.3 Å². The lowest BCUT2D eigenvalue weighted by atomic mass is 9.94. The second-order valence-corrected chi connectivity index (χ2v) is 8.67. The molecule has 0 N–H and O–H groups in total. The predicted molar refractivity (Wildman–Crippen MR) is 126 cm³/mol. The Hall–Kier alpha value is -4.01. The quantitative estimate of drug-likeness (QED) is 0.368.